The molecule has 0 aromatic heterocycles. The number of benzene rings is 2. The lowest BCUT2D eigenvalue weighted by Gasteiger charge is -2.21. The van der Waals surface area contributed by atoms with Crippen LogP contribution >= 0.6 is 0 Å². The van der Waals surface area contributed by atoms with Gasteiger partial charge in [0.2, 0.25) is 0 Å². The fourth-order valence-electron chi connectivity index (χ4n) is 2.71. The minimum Gasteiger partial charge on any atom is -0.460 e. The summed E-state index contributed by atoms with van der Waals surface area (Å²) in [6, 6.07) is 11.1. The number of carbonyl (C=O) groups is 1. The second-order valence-corrected chi connectivity index (χ2v) is 6.40. The van der Waals surface area contributed by atoms with E-state index in [2.05, 4.69) is 4.74 Å². The molecule has 0 bridgehead atoms. The average molecular weight is 384 g/mol. The van der Waals surface area contributed by atoms with E-state index in [4.69, 9.17) is 4.74 Å². The third-order valence-corrected chi connectivity index (χ3v) is 4.04. The van der Waals surface area contributed by atoms with Crippen molar-refractivity contribution in [3.05, 3.63) is 65.0 Å². The van der Waals surface area contributed by atoms with Crippen LogP contribution in [0, 0.1) is 5.82 Å². The molecule has 146 valence electrons. The summed E-state index contributed by atoms with van der Waals surface area (Å²) < 4.78 is 61.2. The topological polar surface area (TPSA) is 35.5 Å². The van der Waals surface area contributed by atoms with Gasteiger partial charge in [-0.15, -0.1) is 13.2 Å². The second kappa shape index (κ2) is 8.41. The molecule has 27 heavy (non-hydrogen) atoms. The van der Waals surface area contributed by atoms with Crippen LogP contribution in [-0.4, -0.2) is 12.3 Å². The highest BCUT2D eigenvalue weighted by atomic mass is 19.4. The van der Waals surface area contributed by atoms with Gasteiger partial charge in [-0.1, -0.05) is 50.2 Å². The molecule has 1 unspecified atom stereocenters. The van der Waals surface area contributed by atoms with Crippen LogP contribution in [0.3, 0.4) is 0 Å². The molecule has 0 spiro atoms. The molecular weight excluding hydrogens is 364 g/mol. The molecule has 2 aromatic rings. The molecule has 0 fully saturated rings. The summed E-state index contributed by atoms with van der Waals surface area (Å²) in [6.07, 6.45) is -5.03. The highest BCUT2D eigenvalue weighted by molar-refractivity contribution is 5.78. The predicted molar refractivity (Wildman–Crippen MR) is 91.8 cm³/mol. The molecule has 1 atom stereocenters. The van der Waals surface area contributed by atoms with Crippen molar-refractivity contribution in [1.29, 1.82) is 0 Å². The predicted octanol–water partition coefficient (Wildman–Crippen LogP) is 5.69. The molecule has 0 saturated carbocycles. The van der Waals surface area contributed by atoms with Gasteiger partial charge >= 0.3 is 12.3 Å². The summed E-state index contributed by atoms with van der Waals surface area (Å²) in [5.74, 6) is -4.21. The lowest BCUT2D eigenvalue weighted by atomic mass is 9.89. The van der Waals surface area contributed by atoms with Crippen molar-refractivity contribution in [1.82, 2.24) is 0 Å². The highest BCUT2D eigenvalue weighted by Gasteiger charge is 2.34. The summed E-state index contributed by atoms with van der Waals surface area (Å²) in [5.41, 5.74) is 1.02. The monoisotopic (exact) mass is 384 g/mol. The first kappa shape index (κ1) is 20.7. The molecule has 3 nitrogen and oxygen atoms in total. The van der Waals surface area contributed by atoms with Crippen molar-refractivity contribution in [2.24, 2.45) is 0 Å². The molecule has 0 saturated heterocycles. The quantitative estimate of drug-likeness (QED) is 0.474. The van der Waals surface area contributed by atoms with Gasteiger partial charge in [0.25, 0.3) is 0 Å². The van der Waals surface area contributed by atoms with Crippen LogP contribution in [0.15, 0.2) is 42.5 Å². The van der Waals surface area contributed by atoms with E-state index in [1.54, 1.807) is 38.1 Å². The van der Waals surface area contributed by atoms with E-state index in [1.807, 2.05) is 6.07 Å². The van der Waals surface area contributed by atoms with Gasteiger partial charge in [-0.05, 0) is 30.0 Å². The third kappa shape index (κ3) is 5.45. The molecule has 0 N–H and O–H groups in total. The number of hydrogen-bond acceptors (Lipinski definition) is 3. The van der Waals surface area contributed by atoms with Crippen molar-refractivity contribution < 1.29 is 31.8 Å². The summed E-state index contributed by atoms with van der Waals surface area (Å²) in [4.78, 5) is 12.4. The Morgan fingerprint density at radius 1 is 1.04 bits per heavy atom. The average Bonchev–Trinajstić information content (AvgIpc) is 2.60. The Morgan fingerprint density at radius 2 is 1.67 bits per heavy atom. The lowest BCUT2D eigenvalue weighted by molar-refractivity contribution is -0.275. The van der Waals surface area contributed by atoms with Crippen LogP contribution in [0.2, 0.25) is 0 Å². The maximum Gasteiger partial charge on any atom is 0.573 e. The van der Waals surface area contributed by atoms with Crippen molar-refractivity contribution in [2.45, 2.75) is 45.6 Å². The maximum atomic E-state index is 14.8. The van der Waals surface area contributed by atoms with E-state index in [0.717, 1.165) is 11.6 Å². The van der Waals surface area contributed by atoms with Gasteiger partial charge in [0.15, 0.2) is 11.6 Å². The molecule has 0 radical (unpaired) electrons. The first-order valence-electron chi connectivity index (χ1n) is 8.38. The van der Waals surface area contributed by atoms with Crippen LogP contribution in [0.4, 0.5) is 17.6 Å². The molecule has 0 amide bonds. The SMILES string of the molecule is CC(C)c1ccc(OC(F)(F)F)c(F)c1C(C)C(=O)OCc1ccccc1. The standard InChI is InChI=1S/C20H20F4O3/c1-12(2)15-9-10-16(27-20(22,23)24)18(21)17(15)13(3)19(25)26-11-14-7-5-4-6-8-14/h4-10,12-13H,11H2,1-3H3. The number of halogens is 4. The number of alkyl halides is 3. The van der Waals surface area contributed by atoms with Gasteiger partial charge in [-0.25, -0.2) is 4.39 Å². The largest absolute Gasteiger partial charge is 0.573 e. The summed E-state index contributed by atoms with van der Waals surface area (Å²) in [6.45, 7) is 4.89. The maximum absolute atomic E-state index is 14.8. The normalized spacial score (nSPS) is 12.7. The van der Waals surface area contributed by atoms with Crippen LogP contribution in [0.25, 0.3) is 0 Å². The molecule has 2 aromatic carbocycles. The molecular formula is C20H20F4O3. The number of hydrogen-bond donors (Lipinski definition) is 0. The van der Waals surface area contributed by atoms with E-state index >= 15 is 0 Å². The number of carbonyl (C=O) groups excluding carboxylic acids is 1. The molecule has 0 aliphatic heterocycles. The van der Waals surface area contributed by atoms with Gasteiger partial charge < -0.3 is 9.47 Å². The zero-order valence-corrected chi connectivity index (χ0v) is 15.1. The fraction of sp³-hybridized carbons (Fsp3) is 0.350. The smallest absolute Gasteiger partial charge is 0.460 e. The molecule has 0 aliphatic rings. The van der Waals surface area contributed by atoms with E-state index in [0.29, 0.717) is 5.56 Å². The van der Waals surface area contributed by atoms with Crippen LogP contribution in [0.5, 0.6) is 5.75 Å². The molecule has 0 aliphatic carbocycles. The second-order valence-electron chi connectivity index (χ2n) is 6.40. The van der Waals surface area contributed by atoms with Crippen molar-refractivity contribution in [3.63, 3.8) is 0 Å². The first-order valence-corrected chi connectivity index (χ1v) is 8.38. The third-order valence-electron chi connectivity index (χ3n) is 4.04. The summed E-state index contributed by atoms with van der Waals surface area (Å²) in [5, 5.41) is 0. The minimum atomic E-state index is -5.03. The van der Waals surface area contributed by atoms with Crippen LogP contribution in [0.1, 0.15) is 49.3 Å². The number of esters is 1. The Hall–Kier alpha value is -2.57. The van der Waals surface area contributed by atoms with Gasteiger partial charge in [-0.3, -0.25) is 4.79 Å². The highest BCUT2D eigenvalue weighted by Crippen LogP contribution is 2.36. The van der Waals surface area contributed by atoms with Crippen LogP contribution < -0.4 is 4.74 Å². The van der Waals surface area contributed by atoms with Crippen molar-refractivity contribution in [3.8, 4) is 5.75 Å². The molecule has 7 heteroatoms. The van der Waals surface area contributed by atoms with E-state index in [9.17, 15) is 22.4 Å². The lowest BCUT2D eigenvalue weighted by Crippen LogP contribution is -2.21. The Bertz CT molecular complexity index is 786. The van der Waals surface area contributed by atoms with Gasteiger partial charge in [0, 0.05) is 5.56 Å². The van der Waals surface area contributed by atoms with E-state index in [-0.39, 0.29) is 18.1 Å². The van der Waals surface area contributed by atoms with Gasteiger partial charge in [0.1, 0.15) is 6.61 Å². The molecule has 2 rings (SSSR count). The number of rotatable bonds is 6. The van der Waals surface area contributed by atoms with Crippen molar-refractivity contribution in [2.75, 3.05) is 0 Å². The Kier molecular flexibility index (Phi) is 6.46. The minimum absolute atomic E-state index is 0.0125. The van der Waals surface area contributed by atoms with Crippen molar-refractivity contribution >= 4 is 5.97 Å². The fourth-order valence-corrected chi connectivity index (χ4v) is 2.71. The van der Waals surface area contributed by atoms with Gasteiger partial charge in [0.05, 0.1) is 5.92 Å². The van der Waals surface area contributed by atoms with E-state index < -0.39 is 29.8 Å². The summed E-state index contributed by atoms with van der Waals surface area (Å²) in [7, 11) is 0. The zero-order chi connectivity index (χ0) is 20.2. The summed E-state index contributed by atoms with van der Waals surface area (Å²) >= 11 is 0. The zero-order valence-electron chi connectivity index (χ0n) is 15.1. The Balaban J connectivity index is 2.30. The first-order chi connectivity index (χ1) is 12.6. The number of ether oxygens (including phenoxy) is 2. The Morgan fingerprint density at radius 3 is 2.22 bits per heavy atom. The molecule has 0 heterocycles. The van der Waals surface area contributed by atoms with E-state index in [1.165, 1.54) is 13.0 Å². The van der Waals surface area contributed by atoms with Crippen LogP contribution in [-0.2, 0) is 16.1 Å². The Labute approximate surface area is 154 Å². The van der Waals surface area contributed by atoms with Gasteiger partial charge in [-0.2, -0.15) is 0 Å².